The molecule has 3 fully saturated rings. The van der Waals surface area contributed by atoms with Gasteiger partial charge in [0.25, 0.3) is 0 Å². The van der Waals surface area contributed by atoms with E-state index in [4.69, 9.17) is 0 Å². The Hall–Kier alpha value is -2.52. The third-order valence-corrected chi connectivity index (χ3v) is 7.66. The second kappa shape index (κ2) is 9.15. The van der Waals surface area contributed by atoms with E-state index >= 15 is 0 Å². The maximum Gasteiger partial charge on any atom is 0.131 e. The van der Waals surface area contributed by atoms with E-state index in [1.165, 1.54) is 0 Å². The zero-order valence-corrected chi connectivity index (χ0v) is 19.7. The molecule has 1 aromatic heterocycles. The molecule has 6 rings (SSSR count). The predicted octanol–water partition coefficient (Wildman–Crippen LogP) is 1.76. The van der Waals surface area contributed by atoms with Crippen molar-refractivity contribution in [2.24, 2.45) is 11.8 Å². The molecule has 2 bridgehead atoms. The fourth-order valence-electron chi connectivity index (χ4n) is 6.07. The molecule has 3 saturated heterocycles. The average molecular weight is 490 g/mol. The van der Waals surface area contributed by atoms with Crippen molar-refractivity contribution in [1.29, 1.82) is 5.26 Å². The molecule has 0 unspecified atom stereocenters. The van der Waals surface area contributed by atoms with E-state index in [-0.39, 0.29) is 23.0 Å². The molecule has 1 N–H and O–H groups in total. The lowest BCUT2D eigenvalue weighted by molar-refractivity contribution is -0.985. The number of pyridine rings is 1. The molecular weight excluding hydrogens is 462 g/mol. The number of aliphatic hydroxyl groups excluding tert-OH is 1. The Morgan fingerprint density at radius 1 is 1.19 bits per heavy atom. The van der Waals surface area contributed by atoms with E-state index < -0.39 is 6.10 Å². The summed E-state index contributed by atoms with van der Waals surface area (Å²) >= 11 is 0. The summed E-state index contributed by atoms with van der Waals surface area (Å²) in [7, 11) is 0. The van der Waals surface area contributed by atoms with Gasteiger partial charge in [-0.05, 0) is 29.7 Å². The van der Waals surface area contributed by atoms with Gasteiger partial charge in [0.1, 0.15) is 18.7 Å². The number of rotatable bonds is 5. The Labute approximate surface area is 200 Å². The average Bonchev–Trinajstić information content (AvgIpc) is 2.83. The van der Waals surface area contributed by atoms with Gasteiger partial charge in [-0.1, -0.05) is 42.5 Å². The maximum absolute atomic E-state index is 11.8. The number of fused-ring (bicyclic) bond motifs is 4. The third kappa shape index (κ3) is 3.77. The minimum Gasteiger partial charge on any atom is -1.00 e. The first-order valence-electron chi connectivity index (χ1n) is 11.1. The molecule has 0 aliphatic carbocycles. The molecule has 2 aromatic carbocycles. The Kier molecular flexibility index (Phi) is 6.48. The van der Waals surface area contributed by atoms with Crippen LogP contribution >= 0.6 is 0 Å². The van der Waals surface area contributed by atoms with Gasteiger partial charge in [-0.15, -0.1) is 6.58 Å². The van der Waals surface area contributed by atoms with Gasteiger partial charge < -0.3 is 26.6 Å². The Bertz CT molecular complexity index is 1170. The van der Waals surface area contributed by atoms with Crippen LogP contribution in [0.3, 0.4) is 0 Å². The topological polar surface area (TPSA) is 56.9 Å². The number of para-hydroxylation sites is 1. The number of aliphatic hydroxyl groups is 1. The van der Waals surface area contributed by atoms with Gasteiger partial charge in [-0.3, -0.25) is 4.98 Å². The second-order valence-corrected chi connectivity index (χ2v) is 9.17. The molecule has 4 nitrogen and oxygen atoms in total. The zero-order chi connectivity index (χ0) is 21.4. The lowest BCUT2D eigenvalue weighted by Crippen LogP contribution is -3.00. The van der Waals surface area contributed by atoms with E-state index in [9.17, 15) is 10.4 Å². The summed E-state index contributed by atoms with van der Waals surface area (Å²) in [4.78, 5) is 4.48. The van der Waals surface area contributed by atoms with Crippen molar-refractivity contribution in [3.8, 4) is 6.07 Å². The number of halogens is 1. The SMILES string of the molecule is C=C[C@@H]1C[N@+]2(Cc3ccccc3C#N)CC[C@H]1C[C@H]2[C@H](O)c1ccnc2ccccc12.[Br-]. The molecule has 32 heavy (non-hydrogen) atoms. The van der Waals surface area contributed by atoms with E-state index in [1.54, 1.807) is 6.20 Å². The smallest absolute Gasteiger partial charge is 0.131 e. The summed E-state index contributed by atoms with van der Waals surface area (Å²) < 4.78 is 0.809. The quantitative estimate of drug-likeness (QED) is 0.438. The van der Waals surface area contributed by atoms with Crippen LogP contribution in [0.25, 0.3) is 10.9 Å². The normalized spacial score (nSPS) is 27.3. The molecule has 4 heterocycles. The number of nitrogens with zero attached hydrogens (tertiary/aromatic N) is 3. The zero-order valence-electron chi connectivity index (χ0n) is 18.1. The molecule has 3 aromatic rings. The first-order chi connectivity index (χ1) is 15.1. The van der Waals surface area contributed by atoms with Gasteiger partial charge in [-0.2, -0.15) is 5.26 Å². The van der Waals surface area contributed by atoms with Crippen LogP contribution in [0.1, 0.15) is 35.6 Å². The fourth-order valence-corrected chi connectivity index (χ4v) is 6.07. The van der Waals surface area contributed by atoms with Crippen LogP contribution < -0.4 is 17.0 Å². The van der Waals surface area contributed by atoms with Crippen LogP contribution in [0.4, 0.5) is 0 Å². The summed E-state index contributed by atoms with van der Waals surface area (Å²) in [5.41, 5.74) is 3.69. The van der Waals surface area contributed by atoms with Crippen molar-refractivity contribution in [3.63, 3.8) is 0 Å². The highest BCUT2D eigenvalue weighted by Gasteiger charge is 2.54. The van der Waals surface area contributed by atoms with E-state index in [0.29, 0.717) is 11.8 Å². The van der Waals surface area contributed by atoms with Crippen molar-refractivity contribution < 1.29 is 26.6 Å². The van der Waals surface area contributed by atoms with Crippen LogP contribution in [0.2, 0.25) is 0 Å². The Balaban J connectivity index is 0.00000245. The molecule has 0 amide bonds. The van der Waals surface area contributed by atoms with Gasteiger partial charge >= 0.3 is 0 Å². The van der Waals surface area contributed by atoms with Crippen molar-refractivity contribution >= 4 is 10.9 Å². The van der Waals surface area contributed by atoms with Crippen molar-refractivity contribution in [2.45, 2.75) is 31.5 Å². The van der Waals surface area contributed by atoms with E-state index in [2.05, 4.69) is 35.8 Å². The summed E-state index contributed by atoms with van der Waals surface area (Å²) in [6.45, 7) is 6.88. The predicted molar refractivity (Wildman–Crippen MR) is 122 cm³/mol. The van der Waals surface area contributed by atoms with Crippen LogP contribution in [0, 0.1) is 23.2 Å². The Morgan fingerprint density at radius 2 is 1.97 bits per heavy atom. The summed E-state index contributed by atoms with van der Waals surface area (Å²) in [6, 6.07) is 20.4. The maximum atomic E-state index is 11.8. The van der Waals surface area contributed by atoms with E-state index in [1.807, 2.05) is 42.5 Å². The molecule has 164 valence electrons. The molecule has 3 aliphatic rings. The third-order valence-electron chi connectivity index (χ3n) is 7.66. The Morgan fingerprint density at radius 3 is 2.78 bits per heavy atom. The molecule has 0 spiro atoms. The number of quaternary nitrogens is 1. The van der Waals surface area contributed by atoms with Crippen LogP contribution in [0.5, 0.6) is 0 Å². The van der Waals surface area contributed by atoms with Crippen molar-refractivity contribution in [3.05, 3.63) is 90.1 Å². The standard InChI is InChI=1S/C27H28N3O.BrH/c1-2-19-17-30(18-22-8-4-3-7-21(22)16-28)14-12-20(19)15-26(30)27(31)24-11-13-29-25-10-6-5-9-23(24)25;/h2-11,13,19-20,26-27,31H,1,12,14-15,17-18H2;1H/q+1;/p-1/t19-,20+,26+,27-,30+;/m1./s1. The minimum atomic E-state index is -0.573. The number of nitriles is 1. The lowest BCUT2D eigenvalue weighted by atomic mass is 9.71. The van der Waals surface area contributed by atoms with Crippen LogP contribution in [-0.4, -0.2) is 33.7 Å². The van der Waals surface area contributed by atoms with Crippen LogP contribution in [-0.2, 0) is 6.54 Å². The first kappa shape index (κ1) is 22.7. The molecule has 0 saturated carbocycles. The summed E-state index contributed by atoms with van der Waals surface area (Å²) in [6.07, 6.45) is 5.46. The molecular formula is C27H28BrN3O. The van der Waals surface area contributed by atoms with Gasteiger partial charge in [0.05, 0.1) is 30.2 Å². The largest absolute Gasteiger partial charge is 1.00 e. The monoisotopic (exact) mass is 489 g/mol. The highest BCUT2D eigenvalue weighted by atomic mass is 79.9. The highest BCUT2D eigenvalue weighted by Crippen LogP contribution is 2.48. The van der Waals surface area contributed by atoms with Gasteiger partial charge in [0, 0.05) is 35.9 Å². The van der Waals surface area contributed by atoms with Gasteiger partial charge in [0.2, 0.25) is 0 Å². The molecule has 0 radical (unpaired) electrons. The van der Waals surface area contributed by atoms with Crippen LogP contribution in [0.15, 0.2) is 73.4 Å². The van der Waals surface area contributed by atoms with Crippen molar-refractivity contribution in [2.75, 3.05) is 13.1 Å². The number of hydrogen-bond acceptors (Lipinski definition) is 3. The molecule has 5 atom stereocenters. The summed E-state index contributed by atoms with van der Waals surface area (Å²) in [5, 5.41) is 22.4. The van der Waals surface area contributed by atoms with E-state index in [0.717, 1.165) is 64.6 Å². The molecule has 5 heteroatoms. The highest BCUT2D eigenvalue weighted by molar-refractivity contribution is 5.82. The van der Waals surface area contributed by atoms with Crippen molar-refractivity contribution in [1.82, 2.24) is 4.98 Å². The molecule has 3 aliphatic heterocycles. The number of piperidine rings is 3. The van der Waals surface area contributed by atoms with Gasteiger partial charge in [0.15, 0.2) is 0 Å². The number of hydrogen-bond donors (Lipinski definition) is 1. The lowest BCUT2D eigenvalue weighted by Gasteiger charge is -2.58. The fraction of sp³-hybridized carbons (Fsp3) is 0.333. The van der Waals surface area contributed by atoms with Gasteiger partial charge in [-0.25, -0.2) is 0 Å². The number of benzene rings is 2. The second-order valence-electron chi connectivity index (χ2n) is 9.17. The summed E-state index contributed by atoms with van der Waals surface area (Å²) in [5.74, 6) is 1.03. The number of aromatic nitrogens is 1. The first-order valence-corrected chi connectivity index (χ1v) is 11.1. The minimum absolute atomic E-state index is 0.